The number of halogens is 2. The summed E-state index contributed by atoms with van der Waals surface area (Å²) in [4.78, 5) is 25.5. The van der Waals surface area contributed by atoms with E-state index in [9.17, 15) is 18.4 Å². The third-order valence-corrected chi connectivity index (χ3v) is 4.12. The molecule has 0 aliphatic heterocycles. The molecule has 29 heavy (non-hydrogen) atoms. The number of para-hydroxylation sites is 2. The summed E-state index contributed by atoms with van der Waals surface area (Å²) in [5.41, 5.74) is 1.19. The Labute approximate surface area is 166 Å². The smallest absolute Gasteiger partial charge is 0.261 e. The van der Waals surface area contributed by atoms with Gasteiger partial charge in [0.15, 0.2) is 0 Å². The van der Waals surface area contributed by atoms with Gasteiger partial charge in [0.05, 0.1) is 11.4 Å². The van der Waals surface area contributed by atoms with Crippen LogP contribution in [0.15, 0.2) is 78.4 Å². The lowest BCUT2D eigenvalue weighted by Crippen LogP contribution is -2.26. The molecule has 0 heterocycles. The first-order chi connectivity index (χ1) is 13.9. The molecule has 146 valence electrons. The van der Waals surface area contributed by atoms with E-state index in [4.69, 9.17) is 0 Å². The van der Waals surface area contributed by atoms with Crippen LogP contribution < -0.4 is 10.6 Å². The lowest BCUT2D eigenvalue weighted by Gasteiger charge is -2.11. The highest BCUT2D eigenvalue weighted by molar-refractivity contribution is 6.28. The second kappa shape index (κ2) is 8.93. The summed E-state index contributed by atoms with van der Waals surface area (Å²) in [6.45, 7) is 1.91. The summed E-state index contributed by atoms with van der Waals surface area (Å²) < 4.78 is 27.8. The van der Waals surface area contributed by atoms with Gasteiger partial charge in [0.2, 0.25) is 0 Å². The van der Waals surface area contributed by atoms with E-state index < -0.39 is 23.4 Å². The van der Waals surface area contributed by atoms with E-state index in [1.165, 1.54) is 42.5 Å². The maximum absolute atomic E-state index is 13.9. The zero-order valence-corrected chi connectivity index (χ0v) is 15.6. The van der Waals surface area contributed by atoms with Crippen LogP contribution in [0.1, 0.15) is 11.1 Å². The van der Waals surface area contributed by atoms with Crippen molar-refractivity contribution in [1.82, 2.24) is 0 Å². The Kier molecular flexibility index (Phi) is 6.14. The first-order valence-electron chi connectivity index (χ1n) is 8.84. The molecule has 0 saturated carbocycles. The Morgan fingerprint density at radius 2 is 1.17 bits per heavy atom. The van der Waals surface area contributed by atoms with Crippen LogP contribution in [0.5, 0.6) is 0 Å². The molecule has 2 N–H and O–H groups in total. The molecule has 3 aromatic rings. The molecule has 0 atom stereocenters. The van der Waals surface area contributed by atoms with Gasteiger partial charge in [-0.05, 0) is 42.8 Å². The van der Waals surface area contributed by atoms with Crippen molar-refractivity contribution in [2.45, 2.75) is 6.92 Å². The lowest BCUT2D eigenvalue weighted by atomic mass is 10.1. The molecule has 3 aromatic carbocycles. The number of anilines is 2. The first kappa shape index (κ1) is 19.9. The Morgan fingerprint density at radius 3 is 1.62 bits per heavy atom. The van der Waals surface area contributed by atoms with Crippen molar-refractivity contribution >= 4 is 29.3 Å². The second-order valence-corrected chi connectivity index (χ2v) is 6.34. The van der Waals surface area contributed by atoms with Crippen molar-refractivity contribution in [1.29, 1.82) is 0 Å². The summed E-state index contributed by atoms with van der Waals surface area (Å²) in [7, 11) is 0. The van der Waals surface area contributed by atoms with E-state index in [2.05, 4.69) is 10.6 Å². The quantitative estimate of drug-likeness (QED) is 0.367. The Bertz CT molecular complexity index is 1010. The predicted octanol–water partition coefficient (Wildman–Crippen LogP) is 4.93. The number of hydrogen-bond acceptors (Lipinski definition) is 2. The maximum atomic E-state index is 13.9. The van der Waals surface area contributed by atoms with E-state index in [-0.39, 0.29) is 16.9 Å². The van der Waals surface area contributed by atoms with Gasteiger partial charge in [-0.2, -0.15) is 0 Å². The number of carbonyl (C=O) groups is 2. The standard InChI is InChI=1S/C23H18F2N2O2/c1-15-10-12-16(13-11-15)14-17(22(28)26-20-8-4-2-6-18(20)24)23(29)27-21-9-5-3-7-19(21)25/h2-14H,1H3,(H,26,28)(H,27,29). The average Bonchev–Trinajstić information content (AvgIpc) is 2.71. The Balaban J connectivity index is 1.93. The molecule has 0 radical (unpaired) electrons. The van der Waals surface area contributed by atoms with E-state index in [0.717, 1.165) is 5.56 Å². The highest BCUT2D eigenvalue weighted by atomic mass is 19.1. The first-order valence-corrected chi connectivity index (χ1v) is 8.84. The normalized spacial score (nSPS) is 10.2. The summed E-state index contributed by atoms with van der Waals surface area (Å²) >= 11 is 0. The minimum Gasteiger partial charge on any atom is -0.319 e. The monoisotopic (exact) mass is 392 g/mol. The number of nitrogens with one attached hydrogen (secondary N) is 2. The predicted molar refractivity (Wildman–Crippen MR) is 109 cm³/mol. The maximum Gasteiger partial charge on any atom is 0.261 e. The summed E-state index contributed by atoms with van der Waals surface area (Å²) in [6.07, 6.45) is 1.37. The van der Waals surface area contributed by atoms with Gasteiger partial charge in [0, 0.05) is 0 Å². The van der Waals surface area contributed by atoms with Crippen molar-refractivity contribution in [2.75, 3.05) is 10.6 Å². The third kappa shape index (κ3) is 5.13. The fourth-order valence-corrected chi connectivity index (χ4v) is 2.57. The van der Waals surface area contributed by atoms with Crippen molar-refractivity contribution in [3.63, 3.8) is 0 Å². The number of carbonyl (C=O) groups excluding carboxylic acids is 2. The van der Waals surface area contributed by atoms with Gasteiger partial charge in [-0.3, -0.25) is 9.59 Å². The lowest BCUT2D eigenvalue weighted by molar-refractivity contribution is -0.118. The van der Waals surface area contributed by atoms with Crippen LogP contribution >= 0.6 is 0 Å². The van der Waals surface area contributed by atoms with Crippen LogP contribution in [0.2, 0.25) is 0 Å². The van der Waals surface area contributed by atoms with Crippen molar-refractivity contribution in [2.24, 2.45) is 0 Å². The van der Waals surface area contributed by atoms with Crippen molar-refractivity contribution in [3.05, 3.63) is 101 Å². The van der Waals surface area contributed by atoms with Gasteiger partial charge in [0.1, 0.15) is 17.2 Å². The van der Waals surface area contributed by atoms with E-state index in [1.54, 1.807) is 24.3 Å². The van der Waals surface area contributed by atoms with Crippen molar-refractivity contribution < 1.29 is 18.4 Å². The van der Waals surface area contributed by atoms with Crippen LogP contribution in [0.4, 0.5) is 20.2 Å². The molecule has 2 amide bonds. The molecular formula is C23H18F2N2O2. The number of benzene rings is 3. The van der Waals surface area contributed by atoms with Crippen LogP contribution in [0.3, 0.4) is 0 Å². The molecule has 0 aliphatic rings. The second-order valence-electron chi connectivity index (χ2n) is 6.34. The number of hydrogen-bond donors (Lipinski definition) is 2. The molecule has 3 rings (SSSR count). The molecule has 0 bridgehead atoms. The molecule has 6 heteroatoms. The van der Waals surface area contributed by atoms with Gasteiger partial charge in [0.25, 0.3) is 11.8 Å². The molecule has 4 nitrogen and oxygen atoms in total. The van der Waals surface area contributed by atoms with Gasteiger partial charge in [-0.15, -0.1) is 0 Å². The highest BCUT2D eigenvalue weighted by Crippen LogP contribution is 2.18. The minimum absolute atomic E-state index is 0.0639. The summed E-state index contributed by atoms with van der Waals surface area (Å²) in [6, 6.07) is 18.4. The van der Waals surface area contributed by atoms with Crippen LogP contribution in [0.25, 0.3) is 6.08 Å². The average molecular weight is 392 g/mol. The molecule has 0 fully saturated rings. The number of amides is 2. The van der Waals surface area contributed by atoms with Crippen LogP contribution in [0, 0.1) is 18.6 Å². The zero-order chi connectivity index (χ0) is 20.8. The summed E-state index contributed by atoms with van der Waals surface area (Å²) in [5, 5.41) is 4.77. The molecular weight excluding hydrogens is 374 g/mol. The Morgan fingerprint density at radius 1 is 0.724 bits per heavy atom. The largest absolute Gasteiger partial charge is 0.319 e. The zero-order valence-electron chi connectivity index (χ0n) is 15.6. The summed E-state index contributed by atoms with van der Waals surface area (Å²) in [5.74, 6) is -2.90. The minimum atomic E-state index is -0.815. The Hall–Kier alpha value is -3.80. The molecule has 0 aliphatic carbocycles. The highest BCUT2D eigenvalue weighted by Gasteiger charge is 2.21. The van der Waals surface area contributed by atoms with Gasteiger partial charge < -0.3 is 10.6 Å². The number of aryl methyl sites for hydroxylation is 1. The van der Waals surface area contributed by atoms with E-state index in [1.807, 2.05) is 19.1 Å². The molecule has 0 saturated heterocycles. The molecule has 0 aromatic heterocycles. The fraction of sp³-hybridized carbons (Fsp3) is 0.0435. The van der Waals surface area contributed by atoms with Crippen LogP contribution in [-0.2, 0) is 9.59 Å². The SMILES string of the molecule is Cc1ccc(C=C(C(=O)Nc2ccccc2F)C(=O)Nc2ccccc2F)cc1. The van der Waals surface area contributed by atoms with Crippen LogP contribution in [-0.4, -0.2) is 11.8 Å². The van der Waals surface area contributed by atoms with E-state index in [0.29, 0.717) is 5.56 Å². The van der Waals surface area contributed by atoms with Gasteiger partial charge >= 0.3 is 0 Å². The fourth-order valence-electron chi connectivity index (χ4n) is 2.57. The third-order valence-electron chi connectivity index (χ3n) is 4.12. The molecule has 0 spiro atoms. The van der Waals surface area contributed by atoms with Crippen molar-refractivity contribution in [3.8, 4) is 0 Å². The number of rotatable bonds is 5. The van der Waals surface area contributed by atoms with Gasteiger partial charge in [-0.1, -0.05) is 54.1 Å². The van der Waals surface area contributed by atoms with Gasteiger partial charge in [-0.25, -0.2) is 8.78 Å². The topological polar surface area (TPSA) is 58.2 Å². The van der Waals surface area contributed by atoms with E-state index >= 15 is 0 Å². The molecule has 0 unspecified atom stereocenters.